The molecule has 1 aromatic heterocycles. The van der Waals surface area contributed by atoms with Crippen molar-refractivity contribution >= 4 is 28.3 Å². The van der Waals surface area contributed by atoms with Crippen LogP contribution in [0.25, 0.3) is 10.9 Å². The minimum absolute atomic E-state index is 0.148. The SMILES string of the molecule is CN(C)CCC(=O)c1c[nH]c2ccc(OCc3ccccc3)cc12.ClCc1ccccc1. The van der Waals surface area contributed by atoms with Crippen molar-refractivity contribution in [2.45, 2.75) is 18.9 Å². The van der Waals surface area contributed by atoms with E-state index in [1.165, 1.54) is 5.56 Å². The highest BCUT2D eigenvalue weighted by molar-refractivity contribution is 6.17. The van der Waals surface area contributed by atoms with Crippen LogP contribution in [0, 0.1) is 0 Å². The summed E-state index contributed by atoms with van der Waals surface area (Å²) in [5.41, 5.74) is 3.98. The zero-order chi connectivity index (χ0) is 22.8. The van der Waals surface area contributed by atoms with Gasteiger partial charge in [0.2, 0.25) is 0 Å². The number of ether oxygens (including phenoxy) is 1. The van der Waals surface area contributed by atoms with Crippen molar-refractivity contribution in [1.29, 1.82) is 0 Å². The summed E-state index contributed by atoms with van der Waals surface area (Å²) in [5.74, 6) is 1.53. The zero-order valence-corrected chi connectivity index (χ0v) is 19.3. The number of Topliss-reactive ketones (excluding diaryl/α,β-unsaturated/α-hetero) is 1. The highest BCUT2D eigenvalue weighted by Crippen LogP contribution is 2.25. The summed E-state index contributed by atoms with van der Waals surface area (Å²) in [7, 11) is 3.94. The molecule has 4 nitrogen and oxygen atoms in total. The van der Waals surface area contributed by atoms with Gasteiger partial charge in [0.25, 0.3) is 0 Å². The van der Waals surface area contributed by atoms with Crippen molar-refractivity contribution < 1.29 is 9.53 Å². The van der Waals surface area contributed by atoms with E-state index in [4.69, 9.17) is 16.3 Å². The average molecular weight is 449 g/mol. The van der Waals surface area contributed by atoms with Crippen LogP contribution in [-0.2, 0) is 12.5 Å². The van der Waals surface area contributed by atoms with Crippen molar-refractivity contribution in [3.63, 3.8) is 0 Å². The lowest BCUT2D eigenvalue weighted by Crippen LogP contribution is -2.16. The van der Waals surface area contributed by atoms with Crippen LogP contribution in [-0.4, -0.2) is 36.3 Å². The van der Waals surface area contributed by atoms with E-state index in [2.05, 4.69) is 4.98 Å². The molecule has 0 radical (unpaired) electrons. The molecule has 0 spiro atoms. The van der Waals surface area contributed by atoms with Gasteiger partial charge in [-0.1, -0.05) is 60.7 Å². The number of carbonyl (C=O) groups is 1. The number of ketones is 1. The molecule has 1 heterocycles. The summed E-state index contributed by atoms with van der Waals surface area (Å²) < 4.78 is 5.87. The largest absolute Gasteiger partial charge is 0.489 e. The molecule has 3 aromatic carbocycles. The molecule has 0 saturated carbocycles. The van der Waals surface area contributed by atoms with E-state index >= 15 is 0 Å². The maximum atomic E-state index is 12.4. The van der Waals surface area contributed by atoms with Crippen molar-refractivity contribution in [3.8, 4) is 5.75 Å². The van der Waals surface area contributed by atoms with Gasteiger partial charge in [-0.15, -0.1) is 11.6 Å². The van der Waals surface area contributed by atoms with Crippen LogP contribution < -0.4 is 4.74 Å². The van der Waals surface area contributed by atoms with Gasteiger partial charge in [-0.3, -0.25) is 4.79 Å². The molecule has 0 aliphatic rings. The summed E-state index contributed by atoms with van der Waals surface area (Å²) in [5, 5.41) is 0.921. The predicted molar refractivity (Wildman–Crippen MR) is 133 cm³/mol. The lowest BCUT2D eigenvalue weighted by molar-refractivity contribution is 0.0974. The summed E-state index contributed by atoms with van der Waals surface area (Å²) in [6.45, 7) is 1.26. The molecule has 0 unspecified atom stereocenters. The molecule has 0 bridgehead atoms. The maximum absolute atomic E-state index is 12.4. The van der Waals surface area contributed by atoms with Gasteiger partial charge in [-0.05, 0) is 43.4 Å². The number of rotatable bonds is 8. The highest BCUT2D eigenvalue weighted by Gasteiger charge is 2.13. The Morgan fingerprint density at radius 1 is 0.938 bits per heavy atom. The number of hydrogen-bond donors (Lipinski definition) is 1. The number of alkyl halides is 1. The van der Waals surface area contributed by atoms with Crippen molar-refractivity contribution in [1.82, 2.24) is 9.88 Å². The fourth-order valence-corrected chi connectivity index (χ4v) is 3.37. The smallest absolute Gasteiger partial charge is 0.166 e. The molecule has 32 heavy (non-hydrogen) atoms. The molecule has 0 saturated heterocycles. The Morgan fingerprint density at radius 2 is 1.59 bits per heavy atom. The third-order valence-electron chi connectivity index (χ3n) is 4.99. The van der Waals surface area contributed by atoms with Gasteiger partial charge in [0.05, 0.1) is 0 Å². The van der Waals surface area contributed by atoms with Crippen molar-refractivity contribution in [2.75, 3.05) is 20.6 Å². The van der Waals surface area contributed by atoms with Gasteiger partial charge in [0.1, 0.15) is 12.4 Å². The first kappa shape index (κ1) is 23.6. The monoisotopic (exact) mass is 448 g/mol. The molecular formula is C27H29ClN2O2. The number of nitrogens with zero attached hydrogens (tertiary/aromatic N) is 1. The Balaban J connectivity index is 0.000000305. The van der Waals surface area contributed by atoms with Gasteiger partial charge >= 0.3 is 0 Å². The fraction of sp³-hybridized carbons (Fsp3) is 0.222. The first-order valence-electron chi connectivity index (χ1n) is 10.6. The third kappa shape index (κ3) is 6.98. The lowest BCUT2D eigenvalue weighted by Gasteiger charge is -2.08. The number of benzene rings is 3. The van der Waals surface area contributed by atoms with E-state index in [0.717, 1.165) is 34.3 Å². The number of nitrogens with one attached hydrogen (secondary N) is 1. The molecule has 4 rings (SSSR count). The molecular weight excluding hydrogens is 420 g/mol. The van der Waals surface area contributed by atoms with E-state index in [1.807, 2.05) is 97.9 Å². The molecule has 1 N–H and O–H groups in total. The number of H-pyrrole nitrogens is 1. The minimum atomic E-state index is 0.148. The van der Waals surface area contributed by atoms with E-state index < -0.39 is 0 Å². The van der Waals surface area contributed by atoms with Crippen LogP contribution in [0.4, 0.5) is 0 Å². The van der Waals surface area contributed by atoms with E-state index in [1.54, 1.807) is 6.20 Å². The summed E-state index contributed by atoms with van der Waals surface area (Å²) in [4.78, 5) is 17.6. The Labute approximate surface area is 194 Å². The quantitative estimate of drug-likeness (QED) is 0.254. The van der Waals surface area contributed by atoms with Gasteiger partial charge in [-0.2, -0.15) is 0 Å². The predicted octanol–water partition coefficient (Wildman–Crippen LogP) is 6.31. The Hall–Kier alpha value is -3.08. The first-order valence-corrected chi connectivity index (χ1v) is 11.2. The van der Waals surface area contributed by atoms with Gasteiger partial charge in [-0.25, -0.2) is 0 Å². The molecule has 5 heteroatoms. The molecule has 0 amide bonds. The average Bonchev–Trinajstić information content (AvgIpc) is 3.26. The first-order chi connectivity index (χ1) is 15.6. The normalized spacial score (nSPS) is 10.6. The second-order valence-corrected chi connectivity index (χ2v) is 8.05. The molecule has 166 valence electrons. The van der Waals surface area contributed by atoms with Crippen LogP contribution in [0.5, 0.6) is 5.75 Å². The van der Waals surface area contributed by atoms with Crippen molar-refractivity contribution in [2.24, 2.45) is 0 Å². The Bertz CT molecular complexity index is 1110. The molecule has 0 atom stereocenters. The number of fused-ring (bicyclic) bond motifs is 1. The standard InChI is InChI=1S/C20H22N2O2.C7H7Cl/c1-22(2)11-10-20(23)18-13-21-19-9-8-16(12-17(18)19)24-14-15-6-4-3-5-7-15;8-6-7-4-2-1-3-5-7/h3-9,12-13,21H,10-11,14H2,1-2H3;1-5H,6H2. The number of carbonyl (C=O) groups excluding carboxylic acids is 1. The molecule has 4 aromatic rings. The zero-order valence-electron chi connectivity index (χ0n) is 18.6. The summed E-state index contributed by atoms with van der Waals surface area (Å²) in [6.07, 6.45) is 2.30. The Kier molecular flexibility index (Phi) is 8.90. The molecule has 0 fully saturated rings. The lowest BCUT2D eigenvalue weighted by atomic mass is 10.1. The number of hydrogen-bond acceptors (Lipinski definition) is 3. The fourth-order valence-electron chi connectivity index (χ4n) is 3.19. The van der Waals surface area contributed by atoms with Crippen LogP contribution in [0.3, 0.4) is 0 Å². The summed E-state index contributed by atoms with van der Waals surface area (Å²) in [6, 6.07) is 25.8. The maximum Gasteiger partial charge on any atom is 0.166 e. The Morgan fingerprint density at radius 3 is 2.19 bits per heavy atom. The van der Waals surface area contributed by atoms with Crippen LogP contribution >= 0.6 is 11.6 Å². The second-order valence-electron chi connectivity index (χ2n) is 7.78. The topological polar surface area (TPSA) is 45.3 Å². The second kappa shape index (κ2) is 12.1. The minimum Gasteiger partial charge on any atom is -0.489 e. The van der Waals surface area contributed by atoms with Crippen molar-refractivity contribution in [3.05, 3.63) is 102 Å². The highest BCUT2D eigenvalue weighted by atomic mass is 35.5. The van der Waals surface area contributed by atoms with Crippen LogP contribution in [0.1, 0.15) is 27.9 Å². The third-order valence-corrected chi connectivity index (χ3v) is 5.29. The number of aromatic amines is 1. The van der Waals surface area contributed by atoms with Crippen LogP contribution in [0.15, 0.2) is 85.1 Å². The number of aromatic nitrogens is 1. The molecule has 0 aliphatic heterocycles. The van der Waals surface area contributed by atoms with Gasteiger partial charge < -0.3 is 14.6 Å². The van der Waals surface area contributed by atoms with Gasteiger partial charge in [0.15, 0.2) is 5.78 Å². The van der Waals surface area contributed by atoms with Crippen LogP contribution in [0.2, 0.25) is 0 Å². The molecule has 0 aliphatic carbocycles. The van der Waals surface area contributed by atoms with E-state index in [-0.39, 0.29) is 5.78 Å². The summed E-state index contributed by atoms with van der Waals surface area (Å²) >= 11 is 5.53. The van der Waals surface area contributed by atoms with E-state index in [0.29, 0.717) is 18.9 Å². The van der Waals surface area contributed by atoms with E-state index in [9.17, 15) is 4.79 Å². The van der Waals surface area contributed by atoms with Gasteiger partial charge in [0, 0.05) is 41.5 Å². The number of halogens is 1.